The molecule has 1 aromatic carbocycles. The van der Waals surface area contributed by atoms with Gasteiger partial charge < -0.3 is 9.84 Å². The van der Waals surface area contributed by atoms with Gasteiger partial charge in [0, 0.05) is 0 Å². The zero-order valence-electron chi connectivity index (χ0n) is 12.4. The summed E-state index contributed by atoms with van der Waals surface area (Å²) in [5, 5.41) is 9.60. The third kappa shape index (κ3) is 5.64. The van der Waals surface area contributed by atoms with E-state index in [0.717, 1.165) is 0 Å². The van der Waals surface area contributed by atoms with E-state index < -0.39 is 7.59 Å². The van der Waals surface area contributed by atoms with Crippen LogP contribution < -0.4 is 4.74 Å². The number of aromatic nitrogens is 3. The molecule has 0 saturated carbocycles. The summed E-state index contributed by atoms with van der Waals surface area (Å²) in [6, 6.07) is 4.74. The van der Waals surface area contributed by atoms with Crippen LogP contribution in [0.4, 0.5) is 0 Å². The Hall–Kier alpha value is -0.690. The highest BCUT2D eigenvalue weighted by atomic mass is 35.6. The summed E-state index contributed by atoms with van der Waals surface area (Å²) in [7, 11) is 1.44. The zero-order chi connectivity index (χ0) is 18.8. The molecule has 0 aliphatic heterocycles. The summed E-state index contributed by atoms with van der Waals surface area (Å²) in [4.78, 5) is 11.9. The normalized spacial score (nSPS) is 12.6. The first kappa shape index (κ1) is 20.6. The smallest absolute Gasteiger partial charge is 0.250 e. The zero-order valence-corrected chi connectivity index (χ0v) is 16.9. The molecule has 0 bridgehead atoms. The number of aromatic hydroxyl groups is 1. The van der Waals surface area contributed by atoms with Crippen molar-refractivity contribution in [1.29, 1.82) is 0 Å². The van der Waals surface area contributed by atoms with Gasteiger partial charge in [0.15, 0.2) is 29.0 Å². The van der Waals surface area contributed by atoms with Gasteiger partial charge in [-0.25, -0.2) is 15.0 Å². The van der Waals surface area contributed by atoms with Crippen molar-refractivity contribution in [3.05, 3.63) is 41.2 Å². The first-order valence-electron chi connectivity index (χ1n) is 6.46. The molecular weight excluding hydrogens is 455 g/mol. The summed E-state index contributed by atoms with van der Waals surface area (Å²) in [5.41, 5.74) is 0.695. The predicted molar refractivity (Wildman–Crippen MR) is 102 cm³/mol. The lowest BCUT2D eigenvalue weighted by molar-refractivity contribution is 0.373. The summed E-state index contributed by atoms with van der Waals surface area (Å²) < 4.78 is 1.20. The van der Waals surface area contributed by atoms with E-state index in [1.54, 1.807) is 18.2 Å². The third-order valence-electron chi connectivity index (χ3n) is 2.79. The maximum absolute atomic E-state index is 9.60. The molecule has 0 atom stereocenters. The molecule has 1 N–H and O–H groups in total. The predicted octanol–water partition coefficient (Wildman–Crippen LogP) is 5.41. The number of hydrogen-bond donors (Lipinski definition) is 1. The van der Waals surface area contributed by atoms with Gasteiger partial charge >= 0.3 is 0 Å². The Morgan fingerprint density at radius 3 is 1.96 bits per heavy atom. The number of benzene rings is 1. The Kier molecular flexibility index (Phi) is 6.52. The highest BCUT2D eigenvalue weighted by Crippen LogP contribution is 2.40. The van der Waals surface area contributed by atoms with E-state index in [-0.39, 0.29) is 23.2 Å². The van der Waals surface area contributed by atoms with Crippen molar-refractivity contribution in [2.45, 2.75) is 7.59 Å². The molecule has 0 aliphatic rings. The first-order valence-corrected chi connectivity index (χ1v) is 8.73. The number of methoxy groups -OCH3 is 1. The van der Waals surface area contributed by atoms with Crippen molar-refractivity contribution in [2.24, 2.45) is 0 Å². The van der Waals surface area contributed by atoms with E-state index in [1.165, 1.54) is 19.3 Å². The SMILES string of the molecule is COc1cc(/C=C/c2nc(C(Cl)(Cl)Cl)nc(C(Cl)(Cl)Cl)n2)ccc1O. The van der Waals surface area contributed by atoms with Gasteiger partial charge in [-0.15, -0.1) is 0 Å². The fraction of sp³-hybridized carbons (Fsp3) is 0.214. The molecule has 2 aromatic rings. The van der Waals surface area contributed by atoms with Gasteiger partial charge in [-0.1, -0.05) is 81.7 Å². The Labute approximate surface area is 173 Å². The van der Waals surface area contributed by atoms with Crippen molar-refractivity contribution in [3.63, 3.8) is 0 Å². The first-order chi connectivity index (χ1) is 11.5. The van der Waals surface area contributed by atoms with Gasteiger partial charge in [-0.05, 0) is 23.8 Å². The molecule has 0 unspecified atom stereocenters. The van der Waals surface area contributed by atoms with Gasteiger partial charge in [0.2, 0.25) is 7.59 Å². The number of alkyl halides is 6. The van der Waals surface area contributed by atoms with E-state index >= 15 is 0 Å². The van der Waals surface area contributed by atoms with Crippen LogP contribution in [0.25, 0.3) is 12.2 Å². The fourth-order valence-electron chi connectivity index (χ4n) is 1.69. The fourth-order valence-corrected chi connectivity index (χ4v) is 2.20. The molecule has 0 fully saturated rings. The molecular formula is C14H9Cl6N3O2. The molecule has 0 radical (unpaired) electrons. The van der Waals surface area contributed by atoms with Crippen LogP contribution in [-0.2, 0) is 7.59 Å². The van der Waals surface area contributed by atoms with Crippen LogP contribution in [0.2, 0.25) is 0 Å². The Morgan fingerprint density at radius 2 is 1.48 bits per heavy atom. The number of ether oxygens (including phenoxy) is 1. The second kappa shape index (κ2) is 7.91. The molecule has 134 valence electrons. The third-order valence-corrected chi connectivity index (χ3v) is 3.80. The van der Waals surface area contributed by atoms with Crippen LogP contribution in [0, 0.1) is 0 Å². The Bertz CT molecular complexity index is 770. The van der Waals surface area contributed by atoms with Crippen molar-refractivity contribution in [1.82, 2.24) is 15.0 Å². The number of halogens is 6. The highest BCUT2D eigenvalue weighted by molar-refractivity contribution is 6.67. The van der Waals surface area contributed by atoms with E-state index in [2.05, 4.69) is 15.0 Å². The van der Waals surface area contributed by atoms with E-state index in [4.69, 9.17) is 74.3 Å². The lowest BCUT2D eigenvalue weighted by Gasteiger charge is -2.14. The van der Waals surface area contributed by atoms with Crippen LogP contribution in [0.1, 0.15) is 23.0 Å². The van der Waals surface area contributed by atoms with Crippen LogP contribution in [0.5, 0.6) is 11.5 Å². The average Bonchev–Trinajstić information content (AvgIpc) is 2.52. The molecule has 0 saturated heterocycles. The number of phenolic OH excluding ortho intramolecular Hbond substituents is 1. The van der Waals surface area contributed by atoms with Gasteiger partial charge in [0.05, 0.1) is 7.11 Å². The monoisotopic (exact) mass is 461 g/mol. The minimum Gasteiger partial charge on any atom is -0.504 e. The van der Waals surface area contributed by atoms with Crippen molar-refractivity contribution in [3.8, 4) is 11.5 Å². The second-order valence-electron chi connectivity index (χ2n) is 4.60. The topological polar surface area (TPSA) is 68.1 Å². The molecule has 25 heavy (non-hydrogen) atoms. The minimum atomic E-state index is -1.92. The summed E-state index contributed by atoms with van der Waals surface area (Å²) in [6.45, 7) is 0. The van der Waals surface area contributed by atoms with Crippen molar-refractivity contribution >= 4 is 81.8 Å². The Morgan fingerprint density at radius 1 is 0.920 bits per heavy atom. The summed E-state index contributed by atoms with van der Waals surface area (Å²) in [6.07, 6.45) is 3.15. The van der Waals surface area contributed by atoms with Crippen LogP contribution in [0.3, 0.4) is 0 Å². The molecule has 2 rings (SSSR count). The Balaban J connectivity index is 2.44. The van der Waals surface area contributed by atoms with Gasteiger partial charge in [-0.2, -0.15) is 0 Å². The number of rotatable bonds is 3. The molecule has 1 aromatic heterocycles. The molecule has 1 heterocycles. The number of phenols is 1. The highest BCUT2D eigenvalue weighted by Gasteiger charge is 2.33. The van der Waals surface area contributed by atoms with Crippen LogP contribution in [0.15, 0.2) is 18.2 Å². The van der Waals surface area contributed by atoms with Crippen LogP contribution in [-0.4, -0.2) is 27.2 Å². The lowest BCUT2D eigenvalue weighted by Crippen LogP contribution is -2.16. The lowest BCUT2D eigenvalue weighted by atomic mass is 10.2. The largest absolute Gasteiger partial charge is 0.504 e. The standard InChI is InChI=1S/C14H9Cl6N3O2/c1-25-9-6-7(2-4-8(9)24)3-5-10-21-11(13(15,16)17)23-12(22-10)14(18,19)20/h2-6,24H,1H3/b5-3+. The summed E-state index contributed by atoms with van der Waals surface area (Å²) in [5.74, 6) is 0.0664. The van der Waals surface area contributed by atoms with Gasteiger partial charge in [0.25, 0.3) is 0 Å². The van der Waals surface area contributed by atoms with E-state index in [0.29, 0.717) is 11.3 Å². The maximum Gasteiger partial charge on any atom is 0.250 e. The number of nitrogens with zero attached hydrogens (tertiary/aromatic N) is 3. The molecule has 0 aliphatic carbocycles. The maximum atomic E-state index is 9.60. The average molecular weight is 464 g/mol. The van der Waals surface area contributed by atoms with Crippen molar-refractivity contribution in [2.75, 3.05) is 7.11 Å². The molecule has 5 nitrogen and oxygen atoms in total. The van der Waals surface area contributed by atoms with E-state index in [9.17, 15) is 5.11 Å². The molecule has 11 heteroatoms. The quantitative estimate of drug-likeness (QED) is 0.616. The van der Waals surface area contributed by atoms with Crippen LogP contribution >= 0.6 is 69.6 Å². The summed E-state index contributed by atoms with van der Waals surface area (Å²) >= 11 is 34.8. The molecule has 0 amide bonds. The molecule has 0 spiro atoms. The van der Waals surface area contributed by atoms with E-state index in [1.807, 2.05) is 0 Å². The van der Waals surface area contributed by atoms with Gasteiger partial charge in [0.1, 0.15) is 0 Å². The van der Waals surface area contributed by atoms with Crippen molar-refractivity contribution < 1.29 is 9.84 Å². The minimum absolute atomic E-state index is 0.0109. The van der Waals surface area contributed by atoms with Gasteiger partial charge in [-0.3, -0.25) is 0 Å². The second-order valence-corrected chi connectivity index (χ2v) is 9.16. The number of hydrogen-bond acceptors (Lipinski definition) is 5.